The highest BCUT2D eigenvalue weighted by molar-refractivity contribution is 5.82. The molecule has 23 heavy (non-hydrogen) atoms. The second-order valence-electron chi connectivity index (χ2n) is 7.88. The fraction of sp³-hybridized carbons (Fsp3) is 0.391. The van der Waals surface area contributed by atoms with Gasteiger partial charge in [0.15, 0.2) is 0 Å². The molecule has 0 radical (unpaired) electrons. The van der Waals surface area contributed by atoms with Gasteiger partial charge in [-0.05, 0) is 52.0 Å². The lowest BCUT2D eigenvalue weighted by atomic mass is 9.81. The molecule has 120 valence electrons. The normalized spacial score (nSPS) is 15.3. The van der Waals surface area contributed by atoms with E-state index in [9.17, 15) is 0 Å². The molecule has 0 fully saturated rings. The van der Waals surface area contributed by atoms with Crippen molar-refractivity contribution in [3.63, 3.8) is 0 Å². The van der Waals surface area contributed by atoms with E-state index in [-0.39, 0.29) is 5.41 Å². The first-order valence-electron chi connectivity index (χ1n) is 8.84. The Morgan fingerprint density at radius 3 is 2.35 bits per heavy atom. The highest BCUT2D eigenvalue weighted by Gasteiger charge is 2.23. The molecule has 1 aliphatic carbocycles. The minimum Gasteiger partial charge on any atom is -0.0648 e. The van der Waals surface area contributed by atoms with Crippen LogP contribution in [0, 0.1) is 5.92 Å². The summed E-state index contributed by atoms with van der Waals surface area (Å²) >= 11 is 0. The first kappa shape index (κ1) is 16.1. The fourth-order valence-electron chi connectivity index (χ4n) is 3.58. The highest BCUT2D eigenvalue weighted by atomic mass is 14.3. The Bertz CT molecular complexity index is 741. The highest BCUT2D eigenvalue weighted by Crippen LogP contribution is 2.40. The van der Waals surface area contributed by atoms with Crippen molar-refractivity contribution in [3.05, 3.63) is 64.7 Å². The van der Waals surface area contributed by atoms with Crippen LogP contribution in [-0.2, 0) is 11.8 Å². The number of rotatable bonds is 3. The van der Waals surface area contributed by atoms with Gasteiger partial charge in [-0.2, -0.15) is 0 Å². The van der Waals surface area contributed by atoms with Crippen molar-refractivity contribution in [1.82, 2.24) is 0 Å². The van der Waals surface area contributed by atoms with Gasteiger partial charge in [0.2, 0.25) is 0 Å². The predicted octanol–water partition coefficient (Wildman–Crippen LogP) is 6.64. The van der Waals surface area contributed by atoms with E-state index in [0.717, 1.165) is 6.42 Å². The maximum absolute atomic E-state index is 2.46. The van der Waals surface area contributed by atoms with E-state index >= 15 is 0 Å². The molecule has 1 unspecified atom stereocenters. The van der Waals surface area contributed by atoms with Crippen LogP contribution < -0.4 is 0 Å². The molecule has 0 heteroatoms. The number of hydrogen-bond acceptors (Lipinski definition) is 0. The van der Waals surface area contributed by atoms with Gasteiger partial charge in [-0.3, -0.25) is 0 Å². The summed E-state index contributed by atoms with van der Waals surface area (Å²) in [6.45, 7) is 11.5. The van der Waals surface area contributed by atoms with Gasteiger partial charge in [0, 0.05) is 0 Å². The summed E-state index contributed by atoms with van der Waals surface area (Å²) in [5, 5.41) is 0. The van der Waals surface area contributed by atoms with Gasteiger partial charge >= 0.3 is 0 Å². The van der Waals surface area contributed by atoms with Crippen LogP contribution in [0.15, 0.2) is 48.0 Å². The molecular formula is C23H28. The van der Waals surface area contributed by atoms with Crippen molar-refractivity contribution in [2.24, 2.45) is 5.92 Å². The van der Waals surface area contributed by atoms with Crippen LogP contribution in [-0.4, -0.2) is 0 Å². The predicted molar refractivity (Wildman–Crippen MR) is 102 cm³/mol. The Balaban J connectivity index is 2.15. The standard InChI is InChI=1S/C23H28/c1-6-16(2)18-14-17-10-9-12-19(21(17)15-18)20-11-7-8-13-22(20)23(3,4)5/h7-13,15-16H,6,14H2,1-5H3. The third-order valence-electron chi connectivity index (χ3n) is 5.19. The zero-order valence-corrected chi connectivity index (χ0v) is 15.1. The summed E-state index contributed by atoms with van der Waals surface area (Å²) in [6.07, 6.45) is 4.79. The topological polar surface area (TPSA) is 0 Å². The van der Waals surface area contributed by atoms with Crippen LogP contribution in [0.1, 0.15) is 57.7 Å². The minimum absolute atomic E-state index is 0.154. The molecule has 0 nitrogen and oxygen atoms in total. The van der Waals surface area contributed by atoms with Gasteiger partial charge < -0.3 is 0 Å². The third-order valence-corrected chi connectivity index (χ3v) is 5.19. The molecule has 0 aromatic heterocycles. The molecule has 0 aliphatic heterocycles. The van der Waals surface area contributed by atoms with Gasteiger partial charge in [0.05, 0.1) is 0 Å². The molecule has 0 N–H and O–H groups in total. The summed E-state index contributed by atoms with van der Waals surface area (Å²) in [7, 11) is 0. The van der Waals surface area contributed by atoms with E-state index in [1.807, 2.05) is 0 Å². The Morgan fingerprint density at radius 2 is 1.65 bits per heavy atom. The van der Waals surface area contributed by atoms with E-state index in [4.69, 9.17) is 0 Å². The number of benzene rings is 2. The van der Waals surface area contributed by atoms with Crippen LogP contribution in [0.2, 0.25) is 0 Å². The maximum Gasteiger partial charge on any atom is -0.00549 e. The quantitative estimate of drug-likeness (QED) is 0.596. The number of fused-ring (bicyclic) bond motifs is 1. The molecule has 1 aliphatic rings. The molecular weight excluding hydrogens is 276 g/mol. The third kappa shape index (κ3) is 3.00. The lowest BCUT2D eigenvalue weighted by molar-refractivity contribution is 0.592. The minimum atomic E-state index is 0.154. The van der Waals surface area contributed by atoms with E-state index in [2.05, 4.69) is 83.2 Å². The van der Waals surface area contributed by atoms with Gasteiger partial charge in [0.1, 0.15) is 0 Å². The monoisotopic (exact) mass is 304 g/mol. The molecule has 0 heterocycles. The molecule has 0 amide bonds. The summed E-state index contributed by atoms with van der Waals surface area (Å²) in [4.78, 5) is 0. The lowest BCUT2D eigenvalue weighted by Gasteiger charge is -2.24. The fourth-order valence-corrected chi connectivity index (χ4v) is 3.58. The number of allylic oxidation sites excluding steroid dienone is 1. The molecule has 3 rings (SSSR count). The van der Waals surface area contributed by atoms with Gasteiger partial charge in [-0.25, -0.2) is 0 Å². The van der Waals surface area contributed by atoms with Gasteiger partial charge in [0.25, 0.3) is 0 Å². The van der Waals surface area contributed by atoms with E-state index < -0.39 is 0 Å². The smallest absolute Gasteiger partial charge is 0.00549 e. The second-order valence-corrected chi connectivity index (χ2v) is 7.88. The average molecular weight is 304 g/mol. The summed E-state index contributed by atoms with van der Waals surface area (Å²) < 4.78 is 0. The molecule has 2 aromatic rings. The van der Waals surface area contributed by atoms with Crippen molar-refractivity contribution in [2.75, 3.05) is 0 Å². The zero-order chi connectivity index (χ0) is 16.6. The summed E-state index contributed by atoms with van der Waals surface area (Å²) in [5.41, 5.74) is 8.88. The van der Waals surface area contributed by atoms with Crippen LogP contribution in [0.3, 0.4) is 0 Å². The summed E-state index contributed by atoms with van der Waals surface area (Å²) in [5.74, 6) is 0.674. The molecule has 0 spiro atoms. The number of hydrogen-bond donors (Lipinski definition) is 0. The lowest BCUT2D eigenvalue weighted by Crippen LogP contribution is -2.12. The SMILES string of the molecule is CCC(C)C1=Cc2c(cccc2-c2ccccc2C(C)(C)C)C1. The maximum atomic E-state index is 2.46. The van der Waals surface area contributed by atoms with Crippen LogP contribution in [0.25, 0.3) is 17.2 Å². The zero-order valence-electron chi connectivity index (χ0n) is 15.1. The van der Waals surface area contributed by atoms with E-state index in [0.29, 0.717) is 5.92 Å². The largest absolute Gasteiger partial charge is 0.0648 e. The van der Waals surface area contributed by atoms with E-state index in [1.54, 1.807) is 5.57 Å². The van der Waals surface area contributed by atoms with E-state index in [1.165, 1.54) is 34.2 Å². The molecule has 0 saturated heterocycles. The molecule has 1 atom stereocenters. The molecule has 0 bridgehead atoms. The first-order valence-corrected chi connectivity index (χ1v) is 8.84. The van der Waals surface area contributed by atoms with Crippen molar-refractivity contribution in [1.29, 1.82) is 0 Å². The van der Waals surface area contributed by atoms with Gasteiger partial charge in [-0.15, -0.1) is 0 Å². The Morgan fingerprint density at radius 1 is 0.957 bits per heavy atom. The summed E-state index contributed by atoms with van der Waals surface area (Å²) in [6, 6.07) is 15.7. The van der Waals surface area contributed by atoms with Crippen LogP contribution in [0.4, 0.5) is 0 Å². The molecule has 0 saturated carbocycles. The average Bonchev–Trinajstić information content (AvgIpc) is 2.97. The second kappa shape index (κ2) is 6.00. The van der Waals surface area contributed by atoms with Crippen molar-refractivity contribution in [3.8, 4) is 11.1 Å². The Labute approximate surface area is 141 Å². The van der Waals surface area contributed by atoms with Crippen LogP contribution >= 0.6 is 0 Å². The Hall–Kier alpha value is -1.82. The van der Waals surface area contributed by atoms with Crippen LogP contribution in [0.5, 0.6) is 0 Å². The van der Waals surface area contributed by atoms with Crippen molar-refractivity contribution in [2.45, 2.75) is 52.9 Å². The Kier molecular flexibility index (Phi) is 4.19. The molecule has 2 aromatic carbocycles. The first-order chi connectivity index (χ1) is 10.9. The van der Waals surface area contributed by atoms with Crippen molar-refractivity contribution >= 4 is 6.08 Å². The van der Waals surface area contributed by atoms with Crippen molar-refractivity contribution < 1.29 is 0 Å². The van der Waals surface area contributed by atoms with Gasteiger partial charge in [-0.1, -0.05) is 88.7 Å².